The predicted octanol–water partition coefficient (Wildman–Crippen LogP) is 3.85. The molecule has 3 aromatic rings. The van der Waals surface area contributed by atoms with Crippen molar-refractivity contribution in [2.45, 2.75) is 17.9 Å². The Labute approximate surface area is 155 Å². The number of nitro benzene ring substituents is 1. The van der Waals surface area contributed by atoms with Crippen molar-refractivity contribution in [2.24, 2.45) is 0 Å². The Morgan fingerprint density at radius 1 is 1.12 bits per heavy atom. The third-order valence-electron chi connectivity index (χ3n) is 4.00. The van der Waals surface area contributed by atoms with Crippen molar-refractivity contribution in [1.29, 1.82) is 0 Å². The lowest BCUT2D eigenvalue weighted by Crippen LogP contribution is -2.26. The van der Waals surface area contributed by atoms with Gasteiger partial charge in [0.25, 0.3) is 5.69 Å². The fraction of sp³-hybridized carbons (Fsp3) is 0.211. The first kappa shape index (κ1) is 18.0. The quantitative estimate of drug-likeness (QED) is 0.283. The van der Waals surface area contributed by atoms with Crippen LogP contribution >= 0.6 is 11.8 Å². The number of aryl methyl sites for hydroxylation is 1. The summed E-state index contributed by atoms with van der Waals surface area (Å²) < 4.78 is 2.19. The molecule has 1 aromatic heterocycles. The van der Waals surface area contributed by atoms with Crippen LogP contribution in [0.5, 0.6) is 0 Å². The van der Waals surface area contributed by atoms with Gasteiger partial charge in [-0.25, -0.2) is 0 Å². The molecule has 1 amide bonds. The Kier molecular flexibility index (Phi) is 5.91. The molecule has 1 N–H and O–H groups in total. The van der Waals surface area contributed by atoms with Gasteiger partial charge in [0.2, 0.25) is 5.91 Å². The molecule has 1 heterocycles. The van der Waals surface area contributed by atoms with E-state index in [1.54, 1.807) is 12.1 Å². The van der Waals surface area contributed by atoms with Gasteiger partial charge in [-0.15, -0.1) is 11.8 Å². The van der Waals surface area contributed by atoms with Crippen molar-refractivity contribution in [3.8, 4) is 0 Å². The third-order valence-corrected chi connectivity index (χ3v) is 5.01. The SMILES string of the molecule is O=C(CSc1ccc([N+](=O)[O-])cc1)NCCCn1ccc2ccccc21. The zero-order valence-electron chi connectivity index (χ0n) is 14.1. The number of benzene rings is 2. The topological polar surface area (TPSA) is 77.2 Å². The second-order valence-electron chi connectivity index (χ2n) is 5.81. The molecule has 0 spiro atoms. The fourth-order valence-electron chi connectivity index (χ4n) is 2.68. The van der Waals surface area contributed by atoms with E-state index in [9.17, 15) is 14.9 Å². The molecule has 0 fully saturated rings. The minimum absolute atomic E-state index is 0.0364. The van der Waals surface area contributed by atoms with Gasteiger partial charge in [-0.2, -0.15) is 0 Å². The van der Waals surface area contributed by atoms with Gasteiger partial charge in [-0.1, -0.05) is 18.2 Å². The molecule has 0 saturated carbocycles. The second-order valence-corrected chi connectivity index (χ2v) is 6.86. The molecule has 2 aromatic carbocycles. The summed E-state index contributed by atoms with van der Waals surface area (Å²) >= 11 is 1.37. The number of non-ortho nitro benzene ring substituents is 1. The maximum Gasteiger partial charge on any atom is 0.269 e. The number of fused-ring (bicyclic) bond motifs is 1. The van der Waals surface area contributed by atoms with E-state index in [0.29, 0.717) is 12.3 Å². The Balaban J connectivity index is 1.38. The van der Waals surface area contributed by atoms with Crippen molar-refractivity contribution in [3.05, 3.63) is 70.9 Å². The molecule has 0 saturated heterocycles. The van der Waals surface area contributed by atoms with Crippen LogP contribution in [0.15, 0.2) is 65.7 Å². The Morgan fingerprint density at radius 3 is 2.65 bits per heavy atom. The number of aromatic nitrogens is 1. The zero-order chi connectivity index (χ0) is 18.4. The predicted molar refractivity (Wildman–Crippen MR) is 103 cm³/mol. The van der Waals surface area contributed by atoms with Crippen molar-refractivity contribution in [3.63, 3.8) is 0 Å². The summed E-state index contributed by atoms with van der Waals surface area (Å²) in [5, 5.41) is 14.7. The summed E-state index contributed by atoms with van der Waals surface area (Å²) in [5.41, 5.74) is 1.25. The highest BCUT2D eigenvalue weighted by Gasteiger charge is 2.06. The van der Waals surface area contributed by atoms with E-state index in [-0.39, 0.29) is 11.6 Å². The van der Waals surface area contributed by atoms with E-state index < -0.39 is 4.92 Å². The van der Waals surface area contributed by atoms with E-state index in [1.807, 2.05) is 12.1 Å². The molecule has 26 heavy (non-hydrogen) atoms. The molecule has 0 aliphatic carbocycles. The molecule has 134 valence electrons. The summed E-state index contributed by atoms with van der Waals surface area (Å²) in [6.07, 6.45) is 2.92. The van der Waals surface area contributed by atoms with Gasteiger partial charge < -0.3 is 9.88 Å². The van der Waals surface area contributed by atoms with Crippen molar-refractivity contribution >= 4 is 34.3 Å². The number of thioether (sulfide) groups is 1. The Morgan fingerprint density at radius 2 is 1.88 bits per heavy atom. The first-order valence-corrected chi connectivity index (χ1v) is 9.30. The van der Waals surface area contributed by atoms with Crippen LogP contribution in [0.3, 0.4) is 0 Å². The van der Waals surface area contributed by atoms with E-state index in [2.05, 4.69) is 34.3 Å². The minimum Gasteiger partial charge on any atom is -0.355 e. The van der Waals surface area contributed by atoms with Crippen LogP contribution in [0.4, 0.5) is 5.69 Å². The molecule has 3 rings (SSSR count). The number of hydrogen-bond donors (Lipinski definition) is 1. The summed E-state index contributed by atoms with van der Waals surface area (Å²) in [7, 11) is 0. The average Bonchev–Trinajstić information content (AvgIpc) is 3.07. The van der Waals surface area contributed by atoms with Gasteiger partial charge in [-0.3, -0.25) is 14.9 Å². The van der Waals surface area contributed by atoms with Gasteiger partial charge in [0, 0.05) is 41.8 Å². The molecule has 0 atom stereocenters. The highest BCUT2D eigenvalue weighted by atomic mass is 32.2. The van der Waals surface area contributed by atoms with Gasteiger partial charge >= 0.3 is 0 Å². The van der Waals surface area contributed by atoms with E-state index in [0.717, 1.165) is 17.9 Å². The molecule has 6 nitrogen and oxygen atoms in total. The van der Waals surface area contributed by atoms with Gasteiger partial charge in [-0.05, 0) is 36.1 Å². The maximum atomic E-state index is 11.9. The van der Waals surface area contributed by atoms with Crippen LogP contribution in [0.1, 0.15) is 6.42 Å². The first-order valence-electron chi connectivity index (χ1n) is 8.31. The number of amides is 1. The summed E-state index contributed by atoms with van der Waals surface area (Å²) in [6.45, 7) is 1.47. The van der Waals surface area contributed by atoms with Crippen molar-refractivity contribution < 1.29 is 9.72 Å². The monoisotopic (exact) mass is 369 g/mol. The number of nitrogens with zero attached hydrogens (tertiary/aromatic N) is 2. The van der Waals surface area contributed by atoms with Crippen molar-refractivity contribution in [2.75, 3.05) is 12.3 Å². The number of hydrogen-bond acceptors (Lipinski definition) is 4. The highest BCUT2D eigenvalue weighted by molar-refractivity contribution is 8.00. The number of para-hydroxylation sites is 1. The second kappa shape index (κ2) is 8.53. The Bertz CT molecular complexity index is 906. The summed E-state index contributed by atoms with van der Waals surface area (Å²) in [6, 6.07) is 16.5. The third kappa shape index (κ3) is 4.64. The maximum absolute atomic E-state index is 11.9. The highest BCUT2D eigenvalue weighted by Crippen LogP contribution is 2.21. The largest absolute Gasteiger partial charge is 0.355 e. The van der Waals surface area contributed by atoms with Crippen LogP contribution in [0, 0.1) is 10.1 Å². The molecule has 0 radical (unpaired) electrons. The number of carbonyl (C=O) groups is 1. The standard InChI is InChI=1S/C19H19N3O3S/c23-19(14-26-17-8-6-16(7-9-17)22(24)25)20-11-3-12-21-13-10-15-4-1-2-5-18(15)21/h1-2,4-10,13H,3,11-12,14H2,(H,20,23). The molecular formula is C19H19N3O3S. The van der Waals surface area contributed by atoms with Crippen molar-refractivity contribution in [1.82, 2.24) is 9.88 Å². The van der Waals surface area contributed by atoms with Gasteiger partial charge in [0.05, 0.1) is 10.7 Å². The van der Waals surface area contributed by atoms with E-state index in [4.69, 9.17) is 0 Å². The molecule has 0 bridgehead atoms. The van der Waals surface area contributed by atoms with Crippen LogP contribution in [-0.4, -0.2) is 27.7 Å². The fourth-order valence-corrected chi connectivity index (χ4v) is 3.41. The molecular weight excluding hydrogens is 350 g/mol. The number of rotatable bonds is 8. The van der Waals surface area contributed by atoms with Crippen LogP contribution in [-0.2, 0) is 11.3 Å². The lowest BCUT2D eigenvalue weighted by Gasteiger charge is -2.07. The smallest absolute Gasteiger partial charge is 0.269 e. The van der Waals surface area contributed by atoms with Crippen LogP contribution < -0.4 is 5.32 Å². The molecule has 0 aliphatic heterocycles. The van der Waals surface area contributed by atoms with E-state index in [1.165, 1.54) is 34.8 Å². The zero-order valence-corrected chi connectivity index (χ0v) is 14.9. The molecule has 0 aliphatic rings. The minimum atomic E-state index is -0.435. The lowest BCUT2D eigenvalue weighted by molar-refractivity contribution is -0.384. The number of nitrogens with one attached hydrogen (secondary N) is 1. The lowest BCUT2D eigenvalue weighted by atomic mass is 10.2. The van der Waals surface area contributed by atoms with E-state index >= 15 is 0 Å². The van der Waals surface area contributed by atoms with Crippen LogP contribution in [0.2, 0.25) is 0 Å². The summed E-state index contributed by atoms with van der Waals surface area (Å²) in [4.78, 5) is 22.9. The summed E-state index contributed by atoms with van der Waals surface area (Å²) in [5.74, 6) is 0.260. The normalized spacial score (nSPS) is 10.8. The average molecular weight is 369 g/mol. The Hall–Kier alpha value is -2.80. The number of nitro groups is 1. The molecule has 0 unspecified atom stereocenters. The van der Waals surface area contributed by atoms with Gasteiger partial charge in [0.15, 0.2) is 0 Å². The first-order chi connectivity index (χ1) is 12.6. The van der Waals surface area contributed by atoms with Crippen LogP contribution in [0.25, 0.3) is 10.9 Å². The van der Waals surface area contributed by atoms with Gasteiger partial charge in [0.1, 0.15) is 0 Å². The molecule has 7 heteroatoms. The number of carbonyl (C=O) groups excluding carboxylic acids is 1.